The first-order valence-electron chi connectivity index (χ1n) is 11.0. The third kappa shape index (κ3) is 10.7. The van der Waals surface area contributed by atoms with Gasteiger partial charge < -0.3 is 40.3 Å². The van der Waals surface area contributed by atoms with E-state index in [2.05, 4.69) is 12.2 Å². The summed E-state index contributed by atoms with van der Waals surface area (Å²) in [5, 5.41) is 51.6. The predicted octanol–water partition coefficient (Wildman–Crippen LogP) is 0.798. The van der Waals surface area contributed by atoms with Gasteiger partial charge in [0.05, 0.1) is 19.3 Å². The number of ether oxygens (including phenoxy) is 2. The Morgan fingerprint density at radius 2 is 1.66 bits per heavy atom. The van der Waals surface area contributed by atoms with Crippen molar-refractivity contribution in [3.05, 3.63) is 12.3 Å². The van der Waals surface area contributed by atoms with Crippen LogP contribution < -0.4 is 5.32 Å². The van der Waals surface area contributed by atoms with Crippen LogP contribution in [0.3, 0.4) is 0 Å². The maximum absolute atomic E-state index is 9.98. The summed E-state index contributed by atoms with van der Waals surface area (Å²) < 4.78 is 10.3. The molecule has 0 aliphatic carbocycles. The minimum Gasteiger partial charge on any atom is -0.394 e. The number of hydrogen-bond acceptors (Lipinski definition) is 8. The molecule has 172 valence electrons. The number of allylic oxidation sites excluding steroid dienone is 1. The summed E-state index contributed by atoms with van der Waals surface area (Å²) in [4.78, 5) is 0. The van der Waals surface area contributed by atoms with Crippen molar-refractivity contribution >= 4 is 0 Å². The zero-order valence-electron chi connectivity index (χ0n) is 17.7. The molecule has 0 aromatic rings. The lowest BCUT2D eigenvalue weighted by Gasteiger charge is -2.40. The van der Waals surface area contributed by atoms with Crippen molar-refractivity contribution in [2.45, 2.75) is 102 Å². The summed E-state index contributed by atoms with van der Waals surface area (Å²) in [7, 11) is 0. The molecule has 0 aromatic heterocycles. The molecule has 1 heterocycles. The van der Waals surface area contributed by atoms with Crippen molar-refractivity contribution in [3.63, 3.8) is 0 Å². The Labute approximate surface area is 174 Å². The summed E-state index contributed by atoms with van der Waals surface area (Å²) in [6, 6.07) is 0. The Bertz CT molecular complexity index is 424. The third-order valence-corrected chi connectivity index (χ3v) is 5.14. The number of rotatable bonds is 16. The van der Waals surface area contributed by atoms with E-state index in [9.17, 15) is 20.4 Å². The first kappa shape index (κ1) is 26.3. The highest BCUT2D eigenvalue weighted by Gasteiger charge is 2.44. The van der Waals surface area contributed by atoms with Gasteiger partial charge in [-0.1, -0.05) is 57.9 Å². The second-order valence-corrected chi connectivity index (χ2v) is 7.75. The zero-order chi connectivity index (χ0) is 21.5. The largest absolute Gasteiger partial charge is 0.394 e. The number of nitrogens with one attached hydrogen (secondary N) is 1. The second-order valence-electron chi connectivity index (χ2n) is 7.75. The minimum absolute atomic E-state index is 0.141. The molecule has 6 atom stereocenters. The van der Waals surface area contributed by atoms with Gasteiger partial charge in [0.2, 0.25) is 0 Å². The first-order valence-corrected chi connectivity index (χ1v) is 11.0. The summed E-state index contributed by atoms with van der Waals surface area (Å²) in [5.41, 5.74) is 0. The van der Waals surface area contributed by atoms with Gasteiger partial charge in [-0.25, -0.2) is 0 Å². The van der Waals surface area contributed by atoms with Gasteiger partial charge in [0.15, 0.2) is 6.29 Å². The number of aliphatic hydroxyl groups is 5. The lowest BCUT2D eigenvalue weighted by atomic mass is 9.99. The van der Waals surface area contributed by atoms with Crippen molar-refractivity contribution in [2.75, 3.05) is 19.8 Å². The van der Waals surface area contributed by atoms with E-state index >= 15 is 0 Å². The van der Waals surface area contributed by atoms with E-state index in [-0.39, 0.29) is 13.2 Å². The third-order valence-electron chi connectivity index (χ3n) is 5.14. The first-order chi connectivity index (χ1) is 14.0. The molecule has 1 aliphatic rings. The molecule has 29 heavy (non-hydrogen) atoms. The van der Waals surface area contributed by atoms with Gasteiger partial charge in [-0.3, -0.25) is 0 Å². The molecule has 0 aromatic carbocycles. The fourth-order valence-electron chi connectivity index (χ4n) is 3.30. The van der Waals surface area contributed by atoms with E-state index in [0.717, 1.165) is 12.8 Å². The van der Waals surface area contributed by atoms with E-state index in [4.69, 9.17) is 14.6 Å². The SMILES string of the molecule is CCCCCCCCCC/C=C/NCC(O)CO[C@@H]1[C@@H](O)[C@@H](O)[C@@H](CO)O[C@H]1O. The minimum atomic E-state index is -1.49. The Kier molecular flexibility index (Phi) is 14.5. The van der Waals surface area contributed by atoms with Crippen LogP contribution in [-0.4, -0.2) is 82.1 Å². The molecule has 0 amide bonds. The monoisotopic (exact) mass is 419 g/mol. The maximum Gasteiger partial charge on any atom is 0.184 e. The van der Waals surface area contributed by atoms with Crippen LogP contribution in [0.1, 0.15) is 64.7 Å². The normalized spacial score (nSPS) is 28.7. The smallest absolute Gasteiger partial charge is 0.184 e. The van der Waals surface area contributed by atoms with Gasteiger partial charge in [0.1, 0.15) is 24.4 Å². The van der Waals surface area contributed by atoms with E-state index in [1.54, 1.807) is 0 Å². The molecule has 1 saturated heterocycles. The lowest BCUT2D eigenvalue weighted by molar-refractivity contribution is -0.298. The molecule has 8 nitrogen and oxygen atoms in total. The van der Waals surface area contributed by atoms with Crippen LogP contribution in [-0.2, 0) is 9.47 Å². The molecule has 8 heteroatoms. The Balaban J connectivity index is 2.06. The molecule has 0 radical (unpaired) electrons. The lowest BCUT2D eigenvalue weighted by Crippen LogP contribution is -2.59. The van der Waals surface area contributed by atoms with Crippen LogP contribution >= 0.6 is 0 Å². The van der Waals surface area contributed by atoms with Gasteiger partial charge in [0.25, 0.3) is 0 Å². The summed E-state index contributed by atoms with van der Waals surface area (Å²) in [5.74, 6) is 0. The molecular weight excluding hydrogens is 378 g/mol. The average molecular weight is 420 g/mol. The van der Waals surface area contributed by atoms with E-state index < -0.39 is 43.4 Å². The Hall–Kier alpha value is -0.740. The van der Waals surface area contributed by atoms with Crippen molar-refractivity contribution in [1.29, 1.82) is 0 Å². The predicted molar refractivity (Wildman–Crippen MR) is 110 cm³/mol. The molecule has 0 spiro atoms. The van der Waals surface area contributed by atoms with Crippen molar-refractivity contribution in [3.8, 4) is 0 Å². The molecule has 1 rings (SSSR count). The fourth-order valence-corrected chi connectivity index (χ4v) is 3.30. The second kappa shape index (κ2) is 16.0. The van der Waals surface area contributed by atoms with Crippen molar-refractivity contribution in [2.24, 2.45) is 0 Å². The average Bonchev–Trinajstić information content (AvgIpc) is 2.71. The van der Waals surface area contributed by atoms with Crippen LogP contribution in [0.15, 0.2) is 12.3 Å². The van der Waals surface area contributed by atoms with Gasteiger partial charge in [-0.05, 0) is 19.0 Å². The molecule has 1 unspecified atom stereocenters. The van der Waals surface area contributed by atoms with Gasteiger partial charge in [-0.2, -0.15) is 0 Å². The highest BCUT2D eigenvalue weighted by atomic mass is 16.7. The van der Waals surface area contributed by atoms with Crippen LogP contribution in [0, 0.1) is 0 Å². The number of hydrogen-bond donors (Lipinski definition) is 6. The number of unbranched alkanes of at least 4 members (excludes halogenated alkanes) is 8. The topological polar surface area (TPSA) is 132 Å². The standard InChI is InChI=1S/C21H41NO7/c1-2-3-4-5-6-7-8-9-10-11-12-22-13-16(24)15-28-20-19(26)18(25)17(14-23)29-21(20)27/h11-12,16-27H,2-10,13-15H2,1H3/b12-11+/t16?,17-,18+,19+,20-,21-/m1/s1. The van der Waals surface area contributed by atoms with Crippen LogP contribution in [0.2, 0.25) is 0 Å². The molecule has 0 saturated carbocycles. The highest BCUT2D eigenvalue weighted by molar-refractivity contribution is 4.89. The van der Waals surface area contributed by atoms with Gasteiger partial charge in [-0.15, -0.1) is 0 Å². The van der Waals surface area contributed by atoms with Crippen LogP contribution in [0.4, 0.5) is 0 Å². The molecule has 1 fully saturated rings. The Morgan fingerprint density at radius 1 is 1.00 bits per heavy atom. The fraction of sp³-hybridized carbons (Fsp3) is 0.905. The molecular formula is C21H41NO7. The summed E-state index contributed by atoms with van der Waals surface area (Å²) in [6.07, 6.45) is 7.78. The van der Waals surface area contributed by atoms with E-state index in [0.29, 0.717) is 0 Å². The van der Waals surface area contributed by atoms with Crippen LogP contribution in [0.25, 0.3) is 0 Å². The number of aliphatic hydroxyl groups excluding tert-OH is 5. The quantitative estimate of drug-likeness (QED) is 0.203. The zero-order valence-corrected chi connectivity index (χ0v) is 17.7. The summed E-state index contributed by atoms with van der Waals surface area (Å²) >= 11 is 0. The van der Waals surface area contributed by atoms with Crippen molar-refractivity contribution < 1.29 is 35.0 Å². The van der Waals surface area contributed by atoms with E-state index in [1.807, 2.05) is 12.3 Å². The Morgan fingerprint density at radius 3 is 2.31 bits per heavy atom. The molecule has 6 N–H and O–H groups in total. The van der Waals surface area contributed by atoms with Crippen LogP contribution in [0.5, 0.6) is 0 Å². The van der Waals surface area contributed by atoms with Gasteiger partial charge in [0, 0.05) is 6.54 Å². The molecule has 0 bridgehead atoms. The van der Waals surface area contributed by atoms with Gasteiger partial charge >= 0.3 is 0 Å². The highest BCUT2D eigenvalue weighted by Crippen LogP contribution is 2.22. The van der Waals surface area contributed by atoms with E-state index in [1.165, 1.54) is 44.9 Å². The van der Waals surface area contributed by atoms with Crippen molar-refractivity contribution in [1.82, 2.24) is 5.32 Å². The molecule has 1 aliphatic heterocycles. The maximum atomic E-state index is 9.98. The summed E-state index contributed by atoms with van der Waals surface area (Å²) in [6.45, 7) is 1.82.